The highest BCUT2D eigenvalue weighted by molar-refractivity contribution is 7.80. The molecule has 2 aromatic heterocycles. The SMILES string of the molecule is Cc1cc([C@@H]2[C@@H](c3ccccn3)NC(=S)N2c2ccc(C(C)C)cc2)c(C)n1-c1ccccc1F. The second-order valence-corrected chi connectivity index (χ2v) is 9.74. The predicted octanol–water partition coefficient (Wildman–Crippen LogP) is 6.93. The minimum absolute atomic E-state index is 0.144. The fraction of sp³-hybridized carbons (Fsp3) is 0.241. The van der Waals surface area contributed by atoms with Gasteiger partial charge in [0.15, 0.2) is 5.11 Å². The van der Waals surface area contributed by atoms with Crippen molar-refractivity contribution in [1.29, 1.82) is 0 Å². The molecule has 0 unspecified atom stereocenters. The standard InChI is InChI=1S/C29H29FN4S/c1-18(2)21-12-14-22(15-13-21)34-28(27(32-29(34)35)25-10-7-8-16-31-25)23-17-19(3)33(20(23)4)26-11-6-5-9-24(26)30/h5-18,27-28H,1-4H3,(H,32,35)/t27-,28-/m1/s1. The number of aromatic nitrogens is 2. The molecule has 35 heavy (non-hydrogen) atoms. The summed E-state index contributed by atoms with van der Waals surface area (Å²) in [6.07, 6.45) is 1.81. The summed E-state index contributed by atoms with van der Waals surface area (Å²) in [7, 11) is 0. The zero-order valence-corrected chi connectivity index (χ0v) is 21.2. The van der Waals surface area contributed by atoms with Gasteiger partial charge in [0.05, 0.1) is 23.5 Å². The number of rotatable bonds is 5. The van der Waals surface area contributed by atoms with Crippen molar-refractivity contribution in [3.8, 4) is 5.69 Å². The molecule has 4 nitrogen and oxygen atoms in total. The van der Waals surface area contributed by atoms with Gasteiger partial charge in [0.1, 0.15) is 5.82 Å². The number of pyridine rings is 1. The minimum Gasteiger partial charge on any atom is -0.351 e. The van der Waals surface area contributed by atoms with Crippen LogP contribution >= 0.6 is 12.2 Å². The molecule has 1 N–H and O–H groups in total. The molecule has 6 heteroatoms. The third kappa shape index (κ3) is 4.12. The van der Waals surface area contributed by atoms with Crippen molar-refractivity contribution in [2.24, 2.45) is 0 Å². The molecule has 3 heterocycles. The van der Waals surface area contributed by atoms with Crippen LogP contribution in [0.15, 0.2) is 79.0 Å². The quantitative estimate of drug-likeness (QED) is 0.312. The Morgan fingerprint density at radius 1 is 0.971 bits per heavy atom. The third-order valence-corrected chi connectivity index (χ3v) is 7.13. The van der Waals surface area contributed by atoms with Crippen molar-refractivity contribution in [3.63, 3.8) is 0 Å². The van der Waals surface area contributed by atoms with E-state index in [2.05, 4.69) is 59.4 Å². The van der Waals surface area contributed by atoms with E-state index in [1.165, 1.54) is 11.6 Å². The van der Waals surface area contributed by atoms with Crippen molar-refractivity contribution in [1.82, 2.24) is 14.9 Å². The largest absolute Gasteiger partial charge is 0.351 e. The number of anilines is 1. The van der Waals surface area contributed by atoms with Gasteiger partial charge >= 0.3 is 0 Å². The number of para-hydroxylation sites is 1. The topological polar surface area (TPSA) is 33.1 Å². The lowest BCUT2D eigenvalue weighted by atomic mass is 9.96. The maximum Gasteiger partial charge on any atom is 0.174 e. The maximum absolute atomic E-state index is 14.8. The lowest BCUT2D eigenvalue weighted by Crippen LogP contribution is -2.29. The van der Waals surface area contributed by atoms with E-state index in [4.69, 9.17) is 12.2 Å². The molecule has 4 aromatic rings. The number of nitrogens with zero attached hydrogens (tertiary/aromatic N) is 3. The van der Waals surface area contributed by atoms with Crippen molar-refractivity contribution < 1.29 is 4.39 Å². The number of thiocarbonyl (C=S) groups is 1. The smallest absolute Gasteiger partial charge is 0.174 e. The molecule has 0 amide bonds. The van der Waals surface area contributed by atoms with E-state index < -0.39 is 0 Å². The highest BCUT2D eigenvalue weighted by Gasteiger charge is 2.42. The van der Waals surface area contributed by atoms with Gasteiger partial charge in [-0.2, -0.15) is 0 Å². The molecule has 1 fully saturated rings. The van der Waals surface area contributed by atoms with Crippen LogP contribution in [-0.2, 0) is 0 Å². The second-order valence-electron chi connectivity index (χ2n) is 9.36. The highest BCUT2D eigenvalue weighted by Crippen LogP contribution is 2.44. The van der Waals surface area contributed by atoms with E-state index in [1.807, 2.05) is 48.7 Å². The molecule has 0 saturated carbocycles. The van der Waals surface area contributed by atoms with Crippen LogP contribution in [0.4, 0.5) is 10.1 Å². The first-order chi connectivity index (χ1) is 16.9. The zero-order chi connectivity index (χ0) is 24.7. The number of halogens is 1. The molecule has 1 saturated heterocycles. The van der Waals surface area contributed by atoms with Crippen LogP contribution in [0.1, 0.15) is 60.1 Å². The molecule has 1 aliphatic heterocycles. The first kappa shape index (κ1) is 23.2. The molecule has 0 radical (unpaired) electrons. The summed E-state index contributed by atoms with van der Waals surface area (Å²) >= 11 is 5.88. The number of benzene rings is 2. The second kappa shape index (κ2) is 9.27. The van der Waals surface area contributed by atoms with Gasteiger partial charge in [0.2, 0.25) is 0 Å². The maximum atomic E-state index is 14.8. The Bertz CT molecular complexity index is 1360. The van der Waals surface area contributed by atoms with Gasteiger partial charge in [-0.25, -0.2) is 4.39 Å². The van der Waals surface area contributed by atoms with Crippen LogP contribution in [-0.4, -0.2) is 14.7 Å². The molecule has 0 bridgehead atoms. The molecular weight excluding hydrogens is 455 g/mol. The van der Waals surface area contributed by atoms with Crippen LogP contribution in [0.25, 0.3) is 5.69 Å². The normalized spacial score (nSPS) is 17.8. The average Bonchev–Trinajstić information content (AvgIpc) is 3.35. The summed E-state index contributed by atoms with van der Waals surface area (Å²) in [5.41, 5.74) is 6.79. The summed E-state index contributed by atoms with van der Waals surface area (Å²) in [6.45, 7) is 8.44. The minimum atomic E-state index is -0.247. The lowest BCUT2D eigenvalue weighted by Gasteiger charge is -2.28. The average molecular weight is 485 g/mol. The summed E-state index contributed by atoms with van der Waals surface area (Å²) in [6, 6.07) is 23.3. The van der Waals surface area contributed by atoms with Gasteiger partial charge in [-0.15, -0.1) is 0 Å². The van der Waals surface area contributed by atoms with E-state index in [9.17, 15) is 4.39 Å². The molecule has 2 atom stereocenters. The van der Waals surface area contributed by atoms with Crippen LogP contribution in [0.3, 0.4) is 0 Å². The van der Waals surface area contributed by atoms with E-state index >= 15 is 0 Å². The Morgan fingerprint density at radius 3 is 2.34 bits per heavy atom. The summed E-state index contributed by atoms with van der Waals surface area (Å²) < 4.78 is 16.8. The van der Waals surface area contributed by atoms with Gasteiger partial charge in [-0.05, 0) is 85.6 Å². The van der Waals surface area contributed by atoms with Crippen molar-refractivity contribution in [2.45, 2.75) is 45.7 Å². The Labute approximate surface area is 211 Å². The number of hydrogen-bond donors (Lipinski definition) is 1. The fourth-order valence-electron chi connectivity index (χ4n) is 5.06. The van der Waals surface area contributed by atoms with Gasteiger partial charge in [-0.1, -0.05) is 44.2 Å². The van der Waals surface area contributed by atoms with Crippen LogP contribution in [0.2, 0.25) is 0 Å². The predicted molar refractivity (Wildman–Crippen MR) is 144 cm³/mol. The van der Waals surface area contributed by atoms with E-state index in [0.717, 1.165) is 28.3 Å². The van der Waals surface area contributed by atoms with Crippen LogP contribution in [0, 0.1) is 19.7 Å². The molecule has 178 valence electrons. The van der Waals surface area contributed by atoms with Crippen LogP contribution in [0.5, 0.6) is 0 Å². The van der Waals surface area contributed by atoms with Gasteiger partial charge in [-0.3, -0.25) is 4.98 Å². The molecule has 2 aromatic carbocycles. The summed E-state index contributed by atoms with van der Waals surface area (Å²) in [5.74, 6) is 0.202. The Kier molecular flexibility index (Phi) is 6.15. The molecule has 0 spiro atoms. The number of aryl methyl sites for hydroxylation is 1. The van der Waals surface area contributed by atoms with Crippen molar-refractivity contribution in [3.05, 3.63) is 113 Å². The Morgan fingerprint density at radius 2 is 1.69 bits per heavy atom. The number of hydrogen-bond acceptors (Lipinski definition) is 2. The molecule has 5 rings (SSSR count). The van der Waals surface area contributed by atoms with E-state index in [-0.39, 0.29) is 17.9 Å². The van der Waals surface area contributed by atoms with Crippen molar-refractivity contribution in [2.75, 3.05) is 4.90 Å². The van der Waals surface area contributed by atoms with Crippen LogP contribution < -0.4 is 10.2 Å². The first-order valence-electron chi connectivity index (χ1n) is 11.9. The fourth-order valence-corrected chi connectivity index (χ4v) is 5.41. The molecular formula is C29H29FN4S. The highest BCUT2D eigenvalue weighted by atomic mass is 32.1. The van der Waals surface area contributed by atoms with Crippen molar-refractivity contribution >= 4 is 23.0 Å². The monoisotopic (exact) mass is 484 g/mol. The van der Waals surface area contributed by atoms with E-state index in [0.29, 0.717) is 16.7 Å². The van der Waals surface area contributed by atoms with E-state index in [1.54, 1.807) is 12.3 Å². The Balaban J connectivity index is 1.67. The molecule has 0 aliphatic carbocycles. The molecule has 1 aliphatic rings. The third-order valence-electron chi connectivity index (χ3n) is 6.82. The first-order valence-corrected chi connectivity index (χ1v) is 12.3. The van der Waals surface area contributed by atoms with Gasteiger partial charge < -0.3 is 14.8 Å². The van der Waals surface area contributed by atoms with Gasteiger partial charge in [0.25, 0.3) is 0 Å². The van der Waals surface area contributed by atoms with Gasteiger partial charge in [0, 0.05) is 23.3 Å². The summed E-state index contributed by atoms with van der Waals surface area (Å²) in [5, 5.41) is 4.17. The lowest BCUT2D eigenvalue weighted by molar-refractivity contribution is 0.564. The Hall–Kier alpha value is -3.51. The number of nitrogens with one attached hydrogen (secondary N) is 1. The zero-order valence-electron chi connectivity index (χ0n) is 20.4. The summed E-state index contributed by atoms with van der Waals surface area (Å²) in [4.78, 5) is 6.82.